The Bertz CT molecular complexity index is 2610. The molecule has 0 N–H and O–H groups in total. The molecule has 45 heavy (non-hydrogen) atoms. The molecule has 0 bridgehead atoms. The van der Waals surface area contributed by atoms with Crippen molar-refractivity contribution in [3.05, 3.63) is 151 Å². The minimum atomic E-state index is 0.913. The summed E-state index contributed by atoms with van der Waals surface area (Å²) >= 11 is 0. The van der Waals surface area contributed by atoms with Crippen LogP contribution in [0, 0.1) is 6.92 Å². The second-order valence-corrected chi connectivity index (χ2v) is 11.8. The van der Waals surface area contributed by atoms with Crippen molar-refractivity contribution in [3.8, 4) is 22.5 Å². The Kier molecular flexibility index (Phi) is 5.63. The van der Waals surface area contributed by atoms with Crippen LogP contribution in [0.3, 0.4) is 0 Å². The van der Waals surface area contributed by atoms with Gasteiger partial charge in [0.05, 0.1) is 22.1 Å². The van der Waals surface area contributed by atoms with Gasteiger partial charge in [-0.05, 0) is 91.7 Å². The summed E-state index contributed by atoms with van der Waals surface area (Å²) in [5.41, 5.74) is 11.6. The van der Waals surface area contributed by atoms with Gasteiger partial charge >= 0.3 is 0 Å². The number of furan rings is 1. The number of aromatic nitrogens is 2. The third-order valence-electron chi connectivity index (χ3n) is 9.18. The first-order valence-corrected chi connectivity index (χ1v) is 15.5. The van der Waals surface area contributed by atoms with Crippen LogP contribution < -0.4 is 0 Å². The maximum absolute atomic E-state index is 6.09. The van der Waals surface area contributed by atoms with E-state index in [0.717, 1.165) is 28.0 Å². The van der Waals surface area contributed by atoms with Crippen molar-refractivity contribution in [1.29, 1.82) is 0 Å². The number of fused-ring (bicyclic) bond motifs is 7. The third-order valence-corrected chi connectivity index (χ3v) is 9.18. The van der Waals surface area contributed by atoms with Crippen LogP contribution in [-0.2, 0) is 0 Å². The van der Waals surface area contributed by atoms with E-state index in [-0.39, 0.29) is 0 Å². The Morgan fingerprint density at radius 3 is 1.67 bits per heavy atom. The second kappa shape index (κ2) is 9.87. The van der Waals surface area contributed by atoms with Crippen LogP contribution >= 0.6 is 0 Å². The quantitative estimate of drug-likeness (QED) is 0.204. The molecule has 6 aromatic carbocycles. The van der Waals surface area contributed by atoms with Crippen LogP contribution in [-0.4, -0.2) is 9.13 Å². The highest BCUT2D eigenvalue weighted by Crippen LogP contribution is 2.39. The lowest BCUT2D eigenvalue weighted by atomic mass is 10.0. The molecular formula is C42H30N2O. The molecule has 9 rings (SSSR count). The zero-order valence-electron chi connectivity index (χ0n) is 25.2. The molecule has 9 aromatic rings. The minimum absolute atomic E-state index is 0.913. The molecule has 0 aliphatic heterocycles. The van der Waals surface area contributed by atoms with Crippen LogP contribution in [0.5, 0.6) is 0 Å². The van der Waals surface area contributed by atoms with Crippen LogP contribution in [0.1, 0.15) is 18.2 Å². The lowest BCUT2D eigenvalue weighted by molar-refractivity contribution is 0.577. The number of benzene rings is 6. The molecule has 214 valence electrons. The smallest absolute Gasteiger partial charge is 0.135 e. The summed E-state index contributed by atoms with van der Waals surface area (Å²) in [5.74, 6) is 0.941. The Balaban J connectivity index is 1.24. The number of para-hydroxylation sites is 3. The van der Waals surface area contributed by atoms with E-state index in [1.165, 1.54) is 60.4 Å². The number of nitrogens with zero attached hydrogens (tertiary/aromatic N) is 2. The average Bonchev–Trinajstić information content (AvgIpc) is 3.71. The molecule has 0 aliphatic rings. The molecule has 0 saturated carbocycles. The van der Waals surface area contributed by atoms with Gasteiger partial charge in [0.25, 0.3) is 0 Å². The van der Waals surface area contributed by atoms with Gasteiger partial charge in [-0.15, -0.1) is 0 Å². The summed E-state index contributed by atoms with van der Waals surface area (Å²) in [6, 6.07) is 48.4. The molecule has 0 fully saturated rings. The fourth-order valence-corrected chi connectivity index (χ4v) is 7.18. The zero-order chi connectivity index (χ0) is 30.1. The van der Waals surface area contributed by atoms with E-state index in [1.807, 2.05) is 13.8 Å². The molecule has 0 amide bonds. The largest absolute Gasteiger partial charge is 0.461 e. The zero-order valence-corrected chi connectivity index (χ0v) is 25.2. The van der Waals surface area contributed by atoms with Gasteiger partial charge in [-0.2, -0.15) is 0 Å². The van der Waals surface area contributed by atoms with E-state index < -0.39 is 0 Å². The fraction of sp³-hybridized carbons (Fsp3) is 0.0476. The normalized spacial score (nSPS) is 12.1. The Morgan fingerprint density at radius 2 is 1.04 bits per heavy atom. The van der Waals surface area contributed by atoms with E-state index >= 15 is 0 Å². The molecule has 0 saturated heterocycles. The molecular weight excluding hydrogens is 548 g/mol. The van der Waals surface area contributed by atoms with Crippen molar-refractivity contribution in [2.75, 3.05) is 0 Å². The number of allylic oxidation sites excluding steroid dienone is 1. The van der Waals surface area contributed by atoms with Gasteiger partial charge in [-0.25, -0.2) is 0 Å². The molecule has 3 nitrogen and oxygen atoms in total. The summed E-state index contributed by atoms with van der Waals surface area (Å²) in [7, 11) is 0. The highest BCUT2D eigenvalue weighted by atomic mass is 16.3. The lowest BCUT2D eigenvalue weighted by Crippen LogP contribution is -1.93. The molecule has 0 aliphatic carbocycles. The molecule has 0 radical (unpaired) electrons. The molecule has 0 spiro atoms. The van der Waals surface area contributed by atoms with Crippen molar-refractivity contribution in [3.63, 3.8) is 0 Å². The van der Waals surface area contributed by atoms with Gasteiger partial charge in [-0.1, -0.05) is 78.9 Å². The first kappa shape index (κ1) is 25.7. The molecule has 0 atom stereocenters. The first-order chi connectivity index (χ1) is 22.2. The second-order valence-electron chi connectivity index (χ2n) is 11.8. The van der Waals surface area contributed by atoms with Crippen LogP contribution in [0.15, 0.2) is 144 Å². The Morgan fingerprint density at radius 1 is 0.489 bits per heavy atom. The predicted molar refractivity (Wildman–Crippen MR) is 190 cm³/mol. The molecule has 3 heteroatoms. The van der Waals surface area contributed by atoms with Gasteiger partial charge in [0.15, 0.2) is 0 Å². The van der Waals surface area contributed by atoms with Crippen molar-refractivity contribution in [2.24, 2.45) is 0 Å². The number of hydrogen-bond donors (Lipinski definition) is 0. The Labute approximate surface area is 260 Å². The van der Waals surface area contributed by atoms with E-state index in [2.05, 4.69) is 155 Å². The maximum Gasteiger partial charge on any atom is 0.135 e. The van der Waals surface area contributed by atoms with E-state index in [0.29, 0.717) is 0 Å². The summed E-state index contributed by atoms with van der Waals surface area (Å²) in [6.45, 7) is 4.08. The number of hydrogen-bond acceptors (Lipinski definition) is 1. The summed E-state index contributed by atoms with van der Waals surface area (Å²) < 4.78 is 10.8. The van der Waals surface area contributed by atoms with Crippen LogP contribution in [0.2, 0.25) is 0 Å². The van der Waals surface area contributed by atoms with Gasteiger partial charge in [0.2, 0.25) is 0 Å². The van der Waals surface area contributed by atoms with Crippen LogP contribution in [0.4, 0.5) is 0 Å². The number of aryl methyl sites for hydroxylation is 1. The highest BCUT2D eigenvalue weighted by molar-refractivity contribution is 6.12. The maximum atomic E-state index is 6.09. The van der Waals surface area contributed by atoms with Gasteiger partial charge in [0.1, 0.15) is 11.3 Å². The van der Waals surface area contributed by atoms with Crippen LogP contribution in [0.25, 0.3) is 83.2 Å². The van der Waals surface area contributed by atoms with Crippen molar-refractivity contribution in [1.82, 2.24) is 9.13 Å². The monoisotopic (exact) mass is 578 g/mol. The van der Waals surface area contributed by atoms with Gasteiger partial charge < -0.3 is 13.6 Å². The summed E-state index contributed by atoms with van der Waals surface area (Å²) in [5, 5.41) is 6.14. The van der Waals surface area contributed by atoms with E-state index in [9.17, 15) is 0 Å². The summed E-state index contributed by atoms with van der Waals surface area (Å²) in [6.07, 6.45) is 4.21. The third kappa shape index (κ3) is 3.84. The fourth-order valence-electron chi connectivity index (χ4n) is 7.18. The topological polar surface area (TPSA) is 23.0 Å². The minimum Gasteiger partial charge on any atom is -0.461 e. The lowest BCUT2D eigenvalue weighted by Gasteiger charge is -2.09. The SMILES string of the molecule is CC=Cc1c(C)oc2ccc(-n3c4ccccc4c4cc(-c5ccc6c(c5)c5ccccc5n6-c5ccccc5)ccc43)cc12. The number of rotatable bonds is 4. The van der Waals surface area contributed by atoms with E-state index in [1.54, 1.807) is 0 Å². The van der Waals surface area contributed by atoms with Gasteiger partial charge in [-0.3, -0.25) is 0 Å². The average molecular weight is 579 g/mol. The molecule has 3 aromatic heterocycles. The van der Waals surface area contributed by atoms with Crippen molar-refractivity contribution >= 4 is 60.7 Å². The highest BCUT2D eigenvalue weighted by Gasteiger charge is 2.17. The molecule has 0 unspecified atom stereocenters. The Hall–Kier alpha value is -5.80. The first-order valence-electron chi connectivity index (χ1n) is 15.5. The summed E-state index contributed by atoms with van der Waals surface area (Å²) in [4.78, 5) is 0. The van der Waals surface area contributed by atoms with Crippen molar-refractivity contribution in [2.45, 2.75) is 13.8 Å². The van der Waals surface area contributed by atoms with Gasteiger partial charge in [0, 0.05) is 43.9 Å². The van der Waals surface area contributed by atoms with E-state index in [4.69, 9.17) is 4.42 Å². The molecule has 3 heterocycles. The standard InChI is InChI=1S/C42H30N2O/c1-3-11-32-27(2)45-42-23-20-31(26-37(32)42)44-39-17-10-8-15-34(39)36-25-29(19-22-41(36)44)28-18-21-40-35(24-28)33-14-7-9-16-38(33)43(40)30-12-5-4-6-13-30/h3-26H,1-2H3. The predicted octanol–water partition coefficient (Wildman–Crippen LogP) is 11.6. The van der Waals surface area contributed by atoms with Crippen molar-refractivity contribution < 1.29 is 4.42 Å².